The third-order valence-corrected chi connectivity index (χ3v) is 8.06. The first-order chi connectivity index (χ1) is 17.1. The maximum absolute atomic E-state index is 14.8. The second-order valence-electron chi connectivity index (χ2n) is 9.44. The smallest absolute Gasteiger partial charge is 0.255 e. The Labute approximate surface area is 207 Å². The number of halogens is 2. The molecule has 2 aliphatic carbocycles. The van der Waals surface area contributed by atoms with Crippen molar-refractivity contribution < 1.29 is 31.5 Å². The minimum absolute atomic E-state index is 0.00408. The average Bonchev–Trinajstić information content (AvgIpc) is 3.63. The monoisotopic (exact) mass is 514 g/mol. The number of amides is 2. The highest BCUT2D eigenvalue weighted by Crippen LogP contribution is 2.43. The molecule has 2 fully saturated rings. The number of ether oxygens (including phenoxy) is 1. The summed E-state index contributed by atoms with van der Waals surface area (Å²) in [6.45, 7) is 0. The Kier molecular flexibility index (Phi) is 5.99. The predicted octanol–water partition coefficient (Wildman–Crippen LogP) is 2.86. The third kappa shape index (κ3) is 4.32. The molecule has 0 aromatic heterocycles. The highest BCUT2D eigenvalue weighted by Gasteiger charge is 2.50. The van der Waals surface area contributed by atoms with Gasteiger partial charge in [-0.15, -0.1) is 0 Å². The topological polar surface area (TPSA) is 92.8 Å². The van der Waals surface area contributed by atoms with Crippen LogP contribution in [-0.2, 0) is 14.6 Å². The molecule has 4 atom stereocenters. The predicted molar refractivity (Wildman–Crippen MR) is 126 cm³/mol. The number of nitrogens with zero attached hydrogens (tertiary/aromatic N) is 1. The summed E-state index contributed by atoms with van der Waals surface area (Å²) in [5, 5.41) is 2.85. The number of carbonyl (C=O) groups excluding carboxylic acids is 2. The van der Waals surface area contributed by atoms with Gasteiger partial charge in [0.2, 0.25) is 5.91 Å². The molecule has 7 nitrogen and oxygen atoms in total. The van der Waals surface area contributed by atoms with Crippen LogP contribution in [0.15, 0.2) is 41.3 Å². The number of fused-ring (bicyclic) bond motifs is 1. The van der Waals surface area contributed by atoms with Crippen LogP contribution >= 0.6 is 0 Å². The van der Waals surface area contributed by atoms with E-state index in [9.17, 15) is 26.8 Å². The SMILES string of the molecule is COc1cc(F)c([C@H](NC(=O)[C@H]2C[C@H]3C#C[C@H]3N2C(=O)c2cccc(S(C)(=O)=O)c2)C2CC2)cc1F. The van der Waals surface area contributed by atoms with Gasteiger partial charge in [-0.3, -0.25) is 9.59 Å². The second-order valence-corrected chi connectivity index (χ2v) is 11.5. The lowest BCUT2D eigenvalue weighted by atomic mass is 9.92. The molecule has 1 heterocycles. The first-order valence-electron chi connectivity index (χ1n) is 11.6. The highest BCUT2D eigenvalue weighted by molar-refractivity contribution is 7.90. The molecule has 2 amide bonds. The molecular weight excluding hydrogens is 490 g/mol. The van der Waals surface area contributed by atoms with Gasteiger partial charge in [0.05, 0.1) is 24.0 Å². The number of sulfone groups is 1. The Balaban J connectivity index is 1.42. The van der Waals surface area contributed by atoms with Crippen LogP contribution in [0, 0.1) is 35.3 Å². The number of nitrogens with one attached hydrogen (secondary N) is 1. The molecule has 0 bridgehead atoms. The van der Waals surface area contributed by atoms with E-state index in [4.69, 9.17) is 4.74 Å². The van der Waals surface area contributed by atoms with Gasteiger partial charge in [-0.05, 0) is 49.4 Å². The summed E-state index contributed by atoms with van der Waals surface area (Å²) in [7, 11) is -2.30. The van der Waals surface area contributed by atoms with Crippen molar-refractivity contribution >= 4 is 21.7 Å². The number of likely N-dealkylation sites (tertiary alicyclic amines) is 1. The molecule has 0 unspecified atom stereocenters. The molecule has 1 aliphatic heterocycles. The zero-order valence-corrected chi connectivity index (χ0v) is 20.4. The molecule has 0 spiro atoms. The Morgan fingerprint density at radius 1 is 1.14 bits per heavy atom. The van der Waals surface area contributed by atoms with Crippen LogP contribution in [0.2, 0.25) is 0 Å². The van der Waals surface area contributed by atoms with E-state index in [-0.39, 0.29) is 33.6 Å². The van der Waals surface area contributed by atoms with Gasteiger partial charge in [0.25, 0.3) is 5.91 Å². The van der Waals surface area contributed by atoms with E-state index in [0.717, 1.165) is 31.2 Å². The van der Waals surface area contributed by atoms with Crippen molar-refractivity contribution in [2.75, 3.05) is 13.4 Å². The Morgan fingerprint density at radius 2 is 1.89 bits per heavy atom. The van der Waals surface area contributed by atoms with Crippen LogP contribution in [0.25, 0.3) is 0 Å². The van der Waals surface area contributed by atoms with E-state index >= 15 is 0 Å². The average molecular weight is 515 g/mol. The first kappa shape index (κ1) is 24.3. The maximum Gasteiger partial charge on any atom is 0.255 e. The lowest BCUT2D eigenvalue weighted by Gasteiger charge is -2.31. The number of benzene rings is 2. The second kappa shape index (κ2) is 8.89. The van der Waals surface area contributed by atoms with Gasteiger partial charge in [0, 0.05) is 23.4 Å². The lowest BCUT2D eigenvalue weighted by Crippen LogP contribution is -2.50. The fourth-order valence-corrected chi connectivity index (χ4v) is 5.52. The molecule has 0 radical (unpaired) electrons. The van der Waals surface area contributed by atoms with Crippen molar-refractivity contribution in [1.29, 1.82) is 0 Å². The van der Waals surface area contributed by atoms with Gasteiger partial charge in [0.15, 0.2) is 21.4 Å². The first-order valence-corrected chi connectivity index (χ1v) is 13.4. The molecule has 5 rings (SSSR count). The van der Waals surface area contributed by atoms with E-state index in [1.165, 1.54) is 36.3 Å². The number of rotatable bonds is 7. The van der Waals surface area contributed by atoms with Crippen molar-refractivity contribution in [1.82, 2.24) is 10.2 Å². The summed E-state index contributed by atoms with van der Waals surface area (Å²) in [6.07, 6.45) is 2.85. The molecule has 3 aliphatic rings. The molecule has 2 aromatic rings. The normalized spacial score (nSPS) is 23.1. The van der Waals surface area contributed by atoms with Crippen LogP contribution in [0.5, 0.6) is 5.75 Å². The summed E-state index contributed by atoms with van der Waals surface area (Å²) < 4.78 is 58.0. The van der Waals surface area contributed by atoms with E-state index in [0.29, 0.717) is 6.42 Å². The van der Waals surface area contributed by atoms with Gasteiger partial charge >= 0.3 is 0 Å². The number of hydrogen-bond acceptors (Lipinski definition) is 5. The van der Waals surface area contributed by atoms with Crippen LogP contribution in [-0.4, -0.2) is 50.6 Å². The van der Waals surface area contributed by atoms with E-state index < -0.39 is 51.4 Å². The summed E-state index contributed by atoms with van der Waals surface area (Å²) in [5.41, 5.74) is 0.159. The van der Waals surface area contributed by atoms with Crippen LogP contribution in [0.3, 0.4) is 0 Å². The molecule has 1 N–H and O–H groups in total. The summed E-state index contributed by atoms with van der Waals surface area (Å²) >= 11 is 0. The van der Waals surface area contributed by atoms with Gasteiger partial charge in [0.1, 0.15) is 17.9 Å². The standard InChI is InChI=1S/C26H24F2N2O5S/c1-35-23-13-19(27)18(12-20(23)28)24(14-6-7-14)29-25(31)22-11-15-8-9-21(15)30(22)26(32)16-4-3-5-17(10-16)36(2,33)34/h3-5,10,12-15,21-22,24H,6-7,11H2,1-2H3,(H,29,31)/t15-,21-,22-,24-/m1/s1. The number of hydrogen-bond donors (Lipinski definition) is 1. The van der Waals surface area contributed by atoms with Crippen molar-refractivity contribution in [2.45, 2.75) is 42.3 Å². The molecule has 10 heteroatoms. The largest absolute Gasteiger partial charge is 0.494 e. The maximum atomic E-state index is 14.8. The van der Waals surface area contributed by atoms with Crippen LogP contribution in [0.4, 0.5) is 8.78 Å². The van der Waals surface area contributed by atoms with Crippen molar-refractivity contribution in [3.05, 3.63) is 59.2 Å². The van der Waals surface area contributed by atoms with E-state index in [1.54, 1.807) is 0 Å². The summed E-state index contributed by atoms with van der Waals surface area (Å²) in [4.78, 5) is 28.3. The van der Waals surface area contributed by atoms with Crippen molar-refractivity contribution in [2.24, 2.45) is 11.8 Å². The molecule has 2 aromatic carbocycles. The van der Waals surface area contributed by atoms with Crippen molar-refractivity contribution in [3.8, 4) is 17.6 Å². The summed E-state index contributed by atoms with van der Waals surface area (Å²) in [6, 6.07) is 5.52. The zero-order valence-electron chi connectivity index (χ0n) is 19.6. The molecule has 1 saturated carbocycles. The fourth-order valence-electron chi connectivity index (χ4n) is 4.85. The fraction of sp³-hybridized carbons (Fsp3) is 0.385. The third-order valence-electron chi connectivity index (χ3n) is 6.95. The van der Waals surface area contributed by atoms with E-state index in [2.05, 4.69) is 17.2 Å². The van der Waals surface area contributed by atoms with Gasteiger partial charge in [-0.1, -0.05) is 17.9 Å². The highest BCUT2D eigenvalue weighted by atomic mass is 32.2. The molecule has 1 saturated heterocycles. The molecule has 36 heavy (non-hydrogen) atoms. The van der Waals surface area contributed by atoms with Gasteiger partial charge < -0.3 is 15.0 Å². The minimum atomic E-state index is -3.54. The van der Waals surface area contributed by atoms with Crippen LogP contribution in [0.1, 0.15) is 41.2 Å². The molecule has 188 valence electrons. The zero-order chi connectivity index (χ0) is 25.8. The van der Waals surface area contributed by atoms with Crippen LogP contribution < -0.4 is 10.1 Å². The Hall–Kier alpha value is -3.45. The minimum Gasteiger partial charge on any atom is -0.494 e. The Morgan fingerprint density at radius 3 is 2.50 bits per heavy atom. The van der Waals surface area contributed by atoms with Gasteiger partial charge in [-0.2, -0.15) is 0 Å². The number of methoxy groups -OCH3 is 1. The van der Waals surface area contributed by atoms with Gasteiger partial charge in [-0.25, -0.2) is 17.2 Å². The number of carbonyl (C=O) groups is 2. The van der Waals surface area contributed by atoms with E-state index in [1.807, 2.05) is 0 Å². The quantitative estimate of drug-likeness (QED) is 0.574. The Bertz CT molecular complexity index is 1430. The summed E-state index contributed by atoms with van der Waals surface area (Å²) in [5.74, 6) is 3.00. The lowest BCUT2D eigenvalue weighted by molar-refractivity contribution is -0.126. The molecular formula is C26H24F2N2O5S. The van der Waals surface area contributed by atoms with Crippen molar-refractivity contribution in [3.63, 3.8) is 0 Å².